The van der Waals surface area contributed by atoms with E-state index < -0.39 is 242 Å². The monoisotopic (exact) mass is 1720 g/mol. The quantitative estimate of drug-likeness (QED) is 0.0190. The van der Waals surface area contributed by atoms with Gasteiger partial charge >= 0.3 is 29.9 Å². The molecular weight excluding hydrogens is 1610 g/mol. The number of primary amides is 1. The van der Waals surface area contributed by atoms with Gasteiger partial charge in [0, 0.05) is 57.8 Å². The highest BCUT2D eigenvalue weighted by Gasteiger charge is 2.42. The van der Waals surface area contributed by atoms with Gasteiger partial charge in [-0.3, -0.25) is 76.7 Å². The molecule has 1 aliphatic rings. The van der Waals surface area contributed by atoms with Crippen LogP contribution in [-0.2, 0) is 107 Å². The number of unbranched alkanes of at least 4 members (excludes halogenated alkanes) is 1. The number of aromatic amines is 1. The van der Waals surface area contributed by atoms with Crippen LogP contribution in [0.15, 0.2) is 104 Å². The van der Waals surface area contributed by atoms with Gasteiger partial charge in [-0.1, -0.05) is 119 Å². The van der Waals surface area contributed by atoms with E-state index >= 15 is 0 Å². The summed E-state index contributed by atoms with van der Waals surface area (Å²) in [6.45, 7) is 8.18. The van der Waals surface area contributed by atoms with E-state index in [4.69, 9.17) is 11.5 Å². The number of aliphatic hydroxyl groups is 2. The summed E-state index contributed by atoms with van der Waals surface area (Å²) in [5.41, 5.74) is 13.1. The molecular formula is C81H114N18O24. The molecule has 0 radical (unpaired) electrons. The first-order chi connectivity index (χ1) is 58.2. The minimum Gasteiger partial charge on any atom is -0.481 e. The highest BCUT2D eigenvalue weighted by Crippen LogP contribution is 2.22. The van der Waals surface area contributed by atoms with E-state index in [1.807, 2.05) is 13.8 Å². The third-order valence-corrected chi connectivity index (χ3v) is 19.5. The average molecular weight is 1720 g/mol. The van der Waals surface area contributed by atoms with Gasteiger partial charge in [0.15, 0.2) is 0 Å². The minimum atomic E-state index is -2.02. The van der Waals surface area contributed by atoms with Crippen molar-refractivity contribution < 1.29 is 117 Å². The molecule has 15 atom stereocenters. The molecule has 1 fully saturated rings. The molecule has 0 aliphatic carbocycles. The number of benzene rings is 3. The summed E-state index contributed by atoms with van der Waals surface area (Å²) < 4.78 is 0. The number of carbonyl (C=O) groups is 18. The second kappa shape index (κ2) is 50.9. The lowest BCUT2D eigenvalue weighted by atomic mass is 10.0. The Morgan fingerprint density at radius 1 is 0.455 bits per heavy atom. The number of H-pyrrole nitrogens is 1. The molecule has 0 unspecified atom stereocenters. The molecule has 42 heteroatoms. The number of urea groups is 1. The standard InChI is InChI=1S/C81H114N18O24/c1-43(2)33-51(82)68(109)92-57(36-48-21-12-8-13-22-48)75(116)97-66(45(5)100)77(118)86-41-62(102)88-59(38-50-40-84-42-87-50)79(120)99-32-18-26-61(99)76(117)91-54(28-30-64(105)106)71(112)98-67(46(6)101)78(119)95-55(34-44(3)4)72(113)90-53(27-29-63(103)104)70(111)89-52(25-16-17-31-85-81(83)123)69(110)93-56(35-47-19-10-7-11-20-47)73(114)94-58(39-65(107)108)74(115)96-60(80(121)122)37-49-23-14-9-15-24-49/h7-15,19-24,40,42-46,51-61,66-67,100-101H,16-18,25-39,41,82H2,1-6H3,(H,84,87)(H,86,118)(H,88,102)(H,89,111)(H,90,113)(H,91,117)(H,92,109)(H,93,110)(H,94,114)(H,95,119)(H,96,115)(H,97,116)(H,98,112)(H,103,104)(H,105,106)(H,107,108)(H,121,122)(H3,83,85,123)/t45-,46-,51+,52+,53+,54+,55+,56+,57+,58+,59+,60+,61+,66+,67+/m1/s1. The molecule has 4 aromatic rings. The summed E-state index contributed by atoms with van der Waals surface area (Å²) in [6, 6.07) is 2.41. The van der Waals surface area contributed by atoms with E-state index in [-0.39, 0.29) is 95.3 Å². The molecule has 1 aromatic heterocycles. The predicted molar refractivity (Wildman–Crippen MR) is 437 cm³/mol. The second-order valence-electron chi connectivity index (χ2n) is 30.8. The van der Waals surface area contributed by atoms with Gasteiger partial charge in [0.1, 0.15) is 72.5 Å². The van der Waals surface area contributed by atoms with Crippen molar-refractivity contribution in [1.29, 1.82) is 0 Å². The van der Waals surface area contributed by atoms with E-state index in [1.165, 1.54) is 19.4 Å². The molecule has 1 saturated heterocycles. The van der Waals surface area contributed by atoms with Gasteiger partial charge in [-0.25, -0.2) is 14.6 Å². The van der Waals surface area contributed by atoms with Crippen molar-refractivity contribution >= 4 is 107 Å². The second-order valence-corrected chi connectivity index (χ2v) is 30.8. The highest BCUT2D eigenvalue weighted by atomic mass is 16.4. The summed E-state index contributed by atoms with van der Waals surface area (Å²) in [5, 5.41) is 93.0. The number of carboxylic acid groups (broad SMARTS) is 4. The number of imidazole rings is 1. The minimum absolute atomic E-state index is 0.00944. The van der Waals surface area contributed by atoms with Gasteiger partial charge in [-0.15, -0.1) is 0 Å². The zero-order chi connectivity index (χ0) is 91.2. The Hall–Kier alpha value is -13.0. The number of hydrogen-bond acceptors (Lipinski definition) is 22. The fourth-order valence-corrected chi connectivity index (χ4v) is 13.2. The third-order valence-electron chi connectivity index (χ3n) is 19.5. The van der Waals surface area contributed by atoms with Crippen LogP contribution in [0.4, 0.5) is 4.79 Å². The first-order valence-electron chi connectivity index (χ1n) is 40.2. The number of aromatic nitrogens is 2. The molecule has 0 saturated carbocycles. The number of hydrogen-bond donors (Lipinski definition) is 22. The van der Waals surface area contributed by atoms with Crippen LogP contribution in [0.25, 0.3) is 0 Å². The van der Waals surface area contributed by atoms with E-state index in [2.05, 4.69) is 79.1 Å². The fraction of sp³-hybridized carbons (Fsp3) is 0.519. The Morgan fingerprint density at radius 3 is 1.37 bits per heavy atom. The first-order valence-corrected chi connectivity index (χ1v) is 40.2. The summed E-state index contributed by atoms with van der Waals surface area (Å²) in [4.78, 5) is 253. The zero-order valence-corrected chi connectivity index (χ0v) is 69.1. The molecule has 2 heterocycles. The number of aliphatic carboxylic acids is 4. The van der Waals surface area contributed by atoms with Crippen molar-refractivity contribution in [2.45, 2.75) is 235 Å². The van der Waals surface area contributed by atoms with Gasteiger partial charge < -0.3 is 121 Å². The largest absolute Gasteiger partial charge is 0.481 e. The van der Waals surface area contributed by atoms with Crippen molar-refractivity contribution in [1.82, 2.24) is 84.0 Å². The Kier molecular flexibility index (Phi) is 41.6. The third kappa shape index (κ3) is 35.7. The Bertz CT molecular complexity index is 4260. The molecule has 123 heavy (non-hydrogen) atoms. The maximum atomic E-state index is 14.7. The van der Waals surface area contributed by atoms with Crippen LogP contribution in [0.2, 0.25) is 0 Å². The molecule has 24 N–H and O–H groups in total. The first kappa shape index (κ1) is 101. The van der Waals surface area contributed by atoms with Crippen molar-refractivity contribution in [3.05, 3.63) is 126 Å². The fourth-order valence-electron chi connectivity index (χ4n) is 13.2. The van der Waals surface area contributed by atoms with Crippen molar-refractivity contribution in [2.24, 2.45) is 23.3 Å². The molecule has 3 aromatic carbocycles. The molecule has 1 aliphatic heterocycles. The average Bonchev–Trinajstić information content (AvgIpc) is 1.77. The Morgan fingerprint density at radius 2 is 0.886 bits per heavy atom. The molecule has 42 nitrogen and oxygen atoms in total. The van der Waals surface area contributed by atoms with Gasteiger partial charge in [-0.2, -0.15) is 0 Å². The summed E-state index contributed by atoms with van der Waals surface area (Å²) >= 11 is 0. The lowest BCUT2D eigenvalue weighted by Gasteiger charge is -2.30. The van der Waals surface area contributed by atoms with Crippen LogP contribution < -0.4 is 80.6 Å². The van der Waals surface area contributed by atoms with Crippen molar-refractivity contribution in [3.8, 4) is 0 Å². The highest BCUT2D eigenvalue weighted by molar-refractivity contribution is 6.01. The molecule has 5 rings (SSSR count). The Labute approximate surface area is 708 Å². The normalized spacial score (nSPS) is 15.8. The molecule has 672 valence electrons. The number of aliphatic hydroxyl groups excluding tert-OH is 2. The number of rotatable bonds is 53. The van der Waals surface area contributed by atoms with E-state index in [1.54, 1.807) is 105 Å². The number of nitrogens with zero attached hydrogens (tertiary/aromatic N) is 2. The molecule has 0 spiro atoms. The van der Waals surface area contributed by atoms with E-state index in [9.17, 15) is 117 Å². The van der Waals surface area contributed by atoms with Crippen LogP contribution >= 0.6 is 0 Å². The van der Waals surface area contributed by atoms with Crippen LogP contribution in [0.5, 0.6) is 0 Å². The number of amides is 15. The van der Waals surface area contributed by atoms with Gasteiger partial charge in [0.2, 0.25) is 76.8 Å². The van der Waals surface area contributed by atoms with Crippen LogP contribution in [-0.4, -0.2) is 263 Å². The summed E-state index contributed by atoms with van der Waals surface area (Å²) in [7, 11) is 0. The predicted octanol–water partition coefficient (Wildman–Crippen LogP) is -3.57. The SMILES string of the molecule is CC(C)C[C@H](NC(=O)[C@@H](NC(=O)[C@H](CCC(=O)O)NC(=O)[C@@H]1CCCN1C(=O)[C@H](Cc1c[nH]cn1)NC(=O)CNC(=O)[C@@H](NC(=O)[C@H](Cc1ccccc1)NC(=O)[C@@H](N)CC(C)C)[C@@H](C)O)[C@@H](C)O)C(=O)N[C@@H](CCC(=O)O)C(=O)N[C@@H](CCCCNC(N)=O)C(=O)N[C@@H](Cc1ccccc1)C(=O)N[C@@H](CC(=O)O)C(=O)N[C@@H](Cc1ccccc1)C(=O)O. The van der Waals surface area contributed by atoms with Crippen molar-refractivity contribution in [3.63, 3.8) is 0 Å². The van der Waals surface area contributed by atoms with Gasteiger partial charge in [-0.05, 0) is 100 Å². The topological polar surface area (TPSA) is 669 Å². The van der Waals surface area contributed by atoms with Crippen LogP contribution in [0.1, 0.15) is 141 Å². The van der Waals surface area contributed by atoms with E-state index in [0.717, 1.165) is 11.8 Å². The summed E-state index contributed by atoms with van der Waals surface area (Å²) in [5.74, 6) is -20.3. The van der Waals surface area contributed by atoms with Crippen LogP contribution in [0.3, 0.4) is 0 Å². The number of nitrogens with one attached hydrogen (secondary N) is 14. The number of nitrogens with two attached hydrogens (primary N) is 2. The molecule has 15 amide bonds. The van der Waals surface area contributed by atoms with Gasteiger partial charge in [0.05, 0.1) is 43.2 Å². The smallest absolute Gasteiger partial charge is 0.326 e. The van der Waals surface area contributed by atoms with Crippen LogP contribution in [0, 0.1) is 11.8 Å². The number of carboxylic acids is 4. The maximum Gasteiger partial charge on any atom is 0.326 e. The number of likely N-dealkylation sites (tertiary alicyclic amines) is 1. The zero-order valence-electron chi connectivity index (χ0n) is 69.1. The van der Waals surface area contributed by atoms with Gasteiger partial charge in [0.25, 0.3) is 0 Å². The number of carbonyl (C=O) groups excluding carboxylic acids is 14. The molecule has 0 bridgehead atoms. The van der Waals surface area contributed by atoms with E-state index in [0.29, 0.717) is 16.7 Å². The van der Waals surface area contributed by atoms with Crippen molar-refractivity contribution in [2.75, 3.05) is 19.6 Å². The Balaban J connectivity index is 1.34. The lowest BCUT2D eigenvalue weighted by Crippen LogP contribution is -2.62. The lowest BCUT2D eigenvalue weighted by molar-refractivity contribution is -0.144. The maximum absolute atomic E-state index is 14.7. The summed E-state index contributed by atoms with van der Waals surface area (Å²) in [6.07, 6.45) is -5.75.